The summed E-state index contributed by atoms with van der Waals surface area (Å²) >= 11 is 0. The Labute approximate surface area is 103 Å². The molecule has 0 unspecified atom stereocenters. The molecule has 0 saturated carbocycles. The van der Waals surface area contributed by atoms with Crippen molar-refractivity contribution >= 4 is 5.78 Å². The highest BCUT2D eigenvalue weighted by Crippen LogP contribution is 2.06. The van der Waals surface area contributed by atoms with Crippen molar-refractivity contribution in [2.45, 2.75) is 13.5 Å². The normalized spacial score (nSPS) is 18.5. The molecule has 0 spiro atoms. The molecule has 1 aromatic rings. The Morgan fingerprint density at radius 3 is 2.65 bits per heavy atom. The van der Waals surface area contributed by atoms with Gasteiger partial charge in [-0.1, -0.05) is 0 Å². The van der Waals surface area contributed by atoms with Crippen LogP contribution < -0.4 is 0 Å². The fraction of sp³-hybridized carbons (Fsp3) is 0.615. The number of ketones is 1. The summed E-state index contributed by atoms with van der Waals surface area (Å²) in [5, 5.41) is 0. The minimum atomic E-state index is 0.237. The minimum Gasteiger partial charge on any atom is -0.345 e. The molecule has 0 aliphatic carbocycles. The average molecular weight is 235 g/mol. The lowest BCUT2D eigenvalue weighted by Gasteiger charge is -2.31. The molecule has 0 aromatic carbocycles. The molecular weight excluding hydrogens is 214 g/mol. The summed E-state index contributed by atoms with van der Waals surface area (Å²) in [7, 11) is 2.13. The Hall–Kier alpha value is -1.13. The Balaban J connectivity index is 1.93. The van der Waals surface area contributed by atoms with Crippen molar-refractivity contribution in [3.05, 3.63) is 24.0 Å². The summed E-state index contributed by atoms with van der Waals surface area (Å²) in [5.41, 5.74) is 0.839. The monoisotopic (exact) mass is 235 g/mol. The lowest BCUT2D eigenvalue weighted by atomic mass is 10.2. The van der Waals surface area contributed by atoms with Gasteiger partial charge in [-0.2, -0.15) is 0 Å². The van der Waals surface area contributed by atoms with Gasteiger partial charge in [0, 0.05) is 38.9 Å². The van der Waals surface area contributed by atoms with Gasteiger partial charge in [0.15, 0.2) is 5.78 Å². The molecule has 0 atom stereocenters. The van der Waals surface area contributed by atoms with Gasteiger partial charge < -0.3 is 9.47 Å². The number of Topliss-reactive ketones (excluding diaryl/α,β-unsaturated/α-hetero) is 1. The quantitative estimate of drug-likeness (QED) is 0.727. The van der Waals surface area contributed by atoms with Crippen LogP contribution in [0.4, 0.5) is 0 Å². The summed E-state index contributed by atoms with van der Waals surface area (Å²) < 4.78 is 2.01. The van der Waals surface area contributed by atoms with E-state index in [1.165, 1.54) is 0 Å². The van der Waals surface area contributed by atoms with Crippen LogP contribution in [-0.4, -0.2) is 59.9 Å². The number of hydrogen-bond acceptors (Lipinski definition) is 3. The first-order valence-electron chi connectivity index (χ1n) is 6.30. The fourth-order valence-electron chi connectivity index (χ4n) is 2.23. The topological polar surface area (TPSA) is 28.5 Å². The highest BCUT2D eigenvalue weighted by molar-refractivity contribution is 5.96. The number of aryl methyl sites for hydroxylation is 1. The molecular formula is C13H21N3O. The number of rotatable bonds is 4. The minimum absolute atomic E-state index is 0.237. The van der Waals surface area contributed by atoms with Crippen LogP contribution >= 0.6 is 0 Å². The first-order chi connectivity index (χ1) is 8.20. The largest absolute Gasteiger partial charge is 0.345 e. The van der Waals surface area contributed by atoms with E-state index in [1.807, 2.05) is 22.9 Å². The van der Waals surface area contributed by atoms with E-state index in [0.717, 1.165) is 38.4 Å². The molecule has 1 aliphatic heterocycles. The van der Waals surface area contributed by atoms with Gasteiger partial charge in [0.05, 0.1) is 12.2 Å². The number of hydrogen-bond donors (Lipinski definition) is 0. The molecule has 0 N–H and O–H groups in total. The van der Waals surface area contributed by atoms with E-state index in [1.54, 1.807) is 0 Å². The summed E-state index contributed by atoms with van der Waals surface area (Å²) in [6, 6.07) is 3.86. The average Bonchev–Trinajstić information content (AvgIpc) is 2.80. The van der Waals surface area contributed by atoms with E-state index < -0.39 is 0 Å². The zero-order valence-electron chi connectivity index (χ0n) is 10.7. The predicted octanol–water partition coefficient (Wildman–Crippen LogP) is 0.938. The Morgan fingerprint density at radius 2 is 2.00 bits per heavy atom. The van der Waals surface area contributed by atoms with Gasteiger partial charge in [0.1, 0.15) is 0 Å². The summed E-state index contributed by atoms with van der Waals surface area (Å²) in [4.78, 5) is 16.7. The molecule has 1 saturated heterocycles. The number of aromatic nitrogens is 1. The van der Waals surface area contributed by atoms with Gasteiger partial charge >= 0.3 is 0 Å². The summed E-state index contributed by atoms with van der Waals surface area (Å²) in [6.07, 6.45) is 1.97. The molecule has 4 heteroatoms. The fourth-order valence-corrected chi connectivity index (χ4v) is 2.23. The maximum Gasteiger partial charge on any atom is 0.193 e. The Kier molecular flexibility index (Phi) is 3.97. The maximum atomic E-state index is 12.2. The molecule has 0 amide bonds. The van der Waals surface area contributed by atoms with Crippen LogP contribution in [0.3, 0.4) is 0 Å². The second-order valence-corrected chi connectivity index (χ2v) is 4.68. The van der Waals surface area contributed by atoms with Crippen molar-refractivity contribution in [1.82, 2.24) is 14.4 Å². The molecule has 4 nitrogen and oxygen atoms in total. The van der Waals surface area contributed by atoms with Crippen LogP contribution in [0.2, 0.25) is 0 Å². The van der Waals surface area contributed by atoms with Gasteiger partial charge in [0.2, 0.25) is 0 Å². The molecule has 0 radical (unpaired) electrons. The Morgan fingerprint density at radius 1 is 1.29 bits per heavy atom. The Bertz CT molecular complexity index is 378. The van der Waals surface area contributed by atoms with Crippen LogP contribution in [0.5, 0.6) is 0 Å². The van der Waals surface area contributed by atoms with Crippen molar-refractivity contribution in [3.63, 3.8) is 0 Å². The van der Waals surface area contributed by atoms with Gasteiger partial charge in [-0.05, 0) is 26.1 Å². The number of carbonyl (C=O) groups excluding carboxylic acids is 1. The third kappa shape index (κ3) is 2.96. The van der Waals surface area contributed by atoms with Gasteiger partial charge in [-0.3, -0.25) is 9.69 Å². The second-order valence-electron chi connectivity index (χ2n) is 4.68. The van der Waals surface area contributed by atoms with Crippen LogP contribution in [0.15, 0.2) is 18.3 Å². The van der Waals surface area contributed by atoms with Crippen molar-refractivity contribution in [1.29, 1.82) is 0 Å². The number of piperazine rings is 1. The van der Waals surface area contributed by atoms with E-state index in [2.05, 4.69) is 23.8 Å². The smallest absolute Gasteiger partial charge is 0.193 e. The number of carbonyl (C=O) groups is 1. The lowest BCUT2D eigenvalue weighted by Crippen LogP contribution is -2.46. The van der Waals surface area contributed by atoms with Crippen LogP contribution in [0, 0.1) is 0 Å². The highest BCUT2D eigenvalue weighted by Gasteiger charge is 2.18. The van der Waals surface area contributed by atoms with Crippen molar-refractivity contribution in [2.75, 3.05) is 39.8 Å². The van der Waals surface area contributed by atoms with Crippen LogP contribution in [-0.2, 0) is 6.54 Å². The standard InChI is InChI=1S/C13H21N3O/c1-3-16-6-4-5-12(16)13(17)11-15-9-7-14(2)8-10-15/h4-6H,3,7-11H2,1-2H3. The molecule has 1 aromatic heterocycles. The number of nitrogens with zero attached hydrogens (tertiary/aromatic N) is 3. The first-order valence-corrected chi connectivity index (χ1v) is 6.30. The molecule has 1 fully saturated rings. The van der Waals surface area contributed by atoms with E-state index in [9.17, 15) is 4.79 Å². The van der Waals surface area contributed by atoms with Gasteiger partial charge in [-0.25, -0.2) is 0 Å². The van der Waals surface area contributed by atoms with E-state index in [4.69, 9.17) is 0 Å². The summed E-state index contributed by atoms with van der Waals surface area (Å²) in [6.45, 7) is 7.58. The van der Waals surface area contributed by atoms with E-state index in [0.29, 0.717) is 6.54 Å². The number of likely N-dealkylation sites (N-methyl/N-ethyl adjacent to an activating group) is 1. The molecule has 2 heterocycles. The molecule has 0 bridgehead atoms. The van der Waals surface area contributed by atoms with Crippen molar-refractivity contribution < 1.29 is 4.79 Å². The van der Waals surface area contributed by atoms with Crippen molar-refractivity contribution in [3.8, 4) is 0 Å². The maximum absolute atomic E-state index is 12.2. The van der Waals surface area contributed by atoms with E-state index in [-0.39, 0.29) is 5.78 Å². The zero-order chi connectivity index (χ0) is 12.3. The zero-order valence-corrected chi connectivity index (χ0v) is 10.7. The van der Waals surface area contributed by atoms with E-state index >= 15 is 0 Å². The first kappa shape index (κ1) is 12.3. The highest BCUT2D eigenvalue weighted by atomic mass is 16.1. The third-order valence-electron chi connectivity index (χ3n) is 3.42. The van der Waals surface area contributed by atoms with Gasteiger partial charge in [0.25, 0.3) is 0 Å². The SMILES string of the molecule is CCn1cccc1C(=O)CN1CCN(C)CC1. The molecule has 2 rings (SSSR count). The van der Waals surface area contributed by atoms with Crippen LogP contribution in [0.25, 0.3) is 0 Å². The summed E-state index contributed by atoms with van der Waals surface area (Å²) in [5.74, 6) is 0.237. The molecule has 94 valence electrons. The second kappa shape index (κ2) is 5.47. The van der Waals surface area contributed by atoms with Gasteiger partial charge in [-0.15, -0.1) is 0 Å². The molecule has 17 heavy (non-hydrogen) atoms. The third-order valence-corrected chi connectivity index (χ3v) is 3.42. The van der Waals surface area contributed by atoms with Crippen molar-refractivity contribution in [2.24, 2.45) is 0 Å². The predicted molar refractivity (Wildman–Crippen MR) is 68.4 cm³/mol. The lowest BCUT2D eigenvalue weighted by molar-refractivity contribution is 0.0867. The molecule has 1 aliphatic rings. The van der Waals surface area contributed by atoms with Crippen LogP contribution in [0.1, 0.15) is 17.4 Å².